The number of benzene rings is 2. The van der Waals surface area contributed by atoms with E-state index in [9.17, 15) is 9.59 Å². The number of anilines is 2. The number of H-pyrrole nitrogens is 1. The third-order valence-corrected chi connectivity index (χ3v) is 3.01. The van der Waals surface area contributed by atoms with Crippen LogP contribution < -0.4 is 16.3 Å². The van der Waals surface area contributed by atoms with E-state index in [1.165, 1.54) is 6.07 Å². The Morgan fingerprint density at radius 3 is 2.35 bits per heavy atom. The van der Waals surface area contributed by atoms with Crippen molar-refractivity contribution in [1.29, 1.82) is 0 Å². The van der Waals surface area contributed by atoms with Crippen LogP contribution in [0.25, 0.3) is 10.9 Å². The molecule has 4 heteroatoms. The molecule has 0 fully saturated rings. The Morgan fingerprint density at radius 2 is 1.55 bits per heavy atom. The van der Waals surface area contributed by atoms with Gasteiger partial charge in [0.1, 0.15) is 5.69 Å². The highest BCUT2D eigenvalue weighted by Crippen LogP contribution is 2.11. The first-order valence-electron chi connectivity index (χ1n) is 6.22. The highest BCUT2D eigenvalue weighted by Gasteiger charge is 2.03. The number of hydrogen-bond acceptors (Lipinski definition) is 3. The van der Waals surface area contributed by atoms with Crippen molar-refractivity contribution in [1.82, 2.24) is 4.98 Å². The van der Waals surface area contributed by atoms with Crippen molar-refractivity contribution in [2.45, 2.75) is 0 Å². The summed E-state index contributed by atoms with van der Waals surface area (Å²) in [5.41, 5.74) is 0.998. The lowest BCUT2D eigenvalue weighted by molar-refractivity contribution is 1.32. The average molecular weight is 264 g/mol. The van der Waals surface area contributed by atoms with E-state index in [-0.39, 0.29) is 16.7 Å². The molecule has 0 bridgehead atoms. The second kappa shape index (κ2) is 5.01. The predicted molar refractivity (Wildman–Crippen MR) is 80.6 cm³/mol. The standard InChI is InChI=1S/C16H12N2O2/c19-15-10-14(17-11-6-2-1-3-7-11)16(20)18-13-9-5-4-8-12(13)15/h1-10,17H,(H,18,20). The summed E-state index contributed by atoms with van der Waals surface area (Å²) in [4.78, 5) is 27.0. The fraction of sp³-hybridized carbons (Fsp3) is 0. The molecule has 0 saturated heterocycles. The summed E-state index contributed by atoms with van der Waals surface area (Å²) >= 11 is 0. The molecule has 0 aliphatic rings. The summed E-state index contributed by atoms with van der Waals surface area (Å²) in [7, 11) is 0. The molecule has 98 valence electrons. The summed E-state index contributed by atoms with van der Waals surface area (Å²) < 4.78 is 0. The fourth-order valence-corrected chi connectivity index (χ4v) is 2.04. The van der Waals surface area contributed by atoms with Gasteiger partial charge in [-0.15, -0.1) is 0 Å². The number of aromatic amines is 1. The van der Waals surface area contributed by atoms with Crippen LogP contribution in [0.1, 0.15) is 0 Å². The second-order valence-corrected chi connectivity index (χ2v) is 4.41. The van der Waals surface area contributed by atoms with Crippen LogP contribution in [0, 0.1) is 0 Å². The van der Waals surface area contributed by atoms with Gasteiger partial charge in [-0.25, -0.2) is 0 Å². The molecule has 0 aliphatic carbocycles. The van der Waals surface area contributed by atoms with E-state index in [4.69, 9.17) is 0 Å². The Balaban J connectivity index is 2.20. The van der Waals surface area contributed by atoms with Crippen molar-refractivity contribution in [2.24, 2.45) is 0 Å². The molecule has 3 rings (SSSR count). The topological polar surface area (TPSA) is 62.0 Å². The smallest absolute Gasteiger partial charge is 0.272 e. The van der Waals surface area contributed by atoms with Gasteiger partial charge in [-0.3, -0.25) is 9.59 Å². The maximum absolute atomic E-state index is 12.1. The molecule has 0 atom stereocenters. The first kappa shape index (κ1) is 12.2. The van der Waals surface area contributed by atoms with E-state index in [2.05, 4.69) is 10.3 Å². The quantitative estimate of drug-likeness (QED) is 0.748. The molecule has 0 unspecified atom stereocenters. The van der Waals surface area contributed by atoms with Gasteiger partial charge in [0.15, 0.2) is 5.43 Å². The molecule has 1 heterocycles. The van der Waals surface area contributed by atoms with Gasteiger partial charge < -0.3 is 10.3 Å². The van der Waals surface area contributed by atoms with Gasteiger partial charge >= 0.3 is 0 Å². The van der Waals surface area contributed by atoms with E-state index in [1.54, 1.807) is 24.3 Å². The molecule has 1 aromatic heterocycles. The van der Waals surface area contributed by atoms with Crippen LogP contribution >= 0.6 is 0 Å². The number of para-hydroxylation sites is 2. The molecule has 0 spiro atoms. The lowest BCUT2D eigenvalue weighted by Crippen LogP contribution is -2.08. The van der Waals surface area contributed by atoms with Crippen molar-refractivity contribution < 1.29 is 0 Å². The summed E-state index contributed by atoms with van der Waals surface area (Å²) in [6, 6.07) is 17.5. The second-order valence-electron chi connectivity index (χ2n) is 4.41. The normalized spacial score (nSPS) is 10.4. The number of rotatable bonds is 2. The van der Waals surface area contributed by atoms with Crippen LogP contribution in [-0.2, 0) is 0 Å². The Labute approximate surface area is 114 Å². The molecule has 0 saturated carbocycles. The monoisotopic (exact) mass is 264 g/mol. The maximum Gasteiger partial charge on any atom is 0.272 e. The molecule has 2 aromatic carbocycles. The van der Waals surface area contributed by atoms with Crippen LogP contribution in [-0.4, -0.2) is 4.98 Å². The first-order chi connectivity index (χ1) is 9.74. The Bertz CT molecular complexity index is 870. The van der Waals surface area contributed by atoms with Gasteiger partial charge in [0.05, 0.1) is 5.52 Å². The molecule has 0 amide bonds. The third kappa shape index (κ3) is 2.31. The first-order valence-corrected chi connectivity index (χ1v) is 6.22. The van der Waals surface area contributed by atoms with Crippen molar-refractivity contribution in [3.05, 3.63) is 81.2 Å². The van der Waals surface area contributed by atoms with Crippen molar-refractivity contribution in [3.8, 4) is 0 Å². The van der Waals surface area contributed by atoms with E-state index >= 15 is 0 Å². The zero-order chi connectivity index (χ0) is 13.9. The molecule has 0 aliphatic heterocycles. The minimum absolute atomic E-state index is 0.197. The van der Waals surface area contributed by atoms with Crippen molar-refractivity contribution >= 4 is 22.3 Å². The predicted octanol–water partition coefficient (Wildman–Crippen LogP) is 2.63. The van der Waals surface area contributed by atoms with Crippen LogP contribution in [0.15, 0.2) is 70.3 Å². The van der Waals surface area contributed by atoms with E-state index in [1.807, 2.05) is 30.3 Å². The minimum atomic E-state index is -0.327. The van der Waals surface area contributed by atoms with Crippen LogP contribution in [0.5, 0.6) is 0 Å². The third-order valence-electron chi connectivity index (χ3n) is 3.01. The largest absolute Gasteiger partial charge is 0.351 e. The molecule has 3 aromatic rings. The Kier molecular flexibility index (Phi) is 3.05. The van der Waals surface area contributed by atoms with Gasteiger partial charge in [0.25, 0.3) is 5.56 Å². The Hall–Kier alpha value is -2.88. The summed E-state index contributed by atoms with van der Waals surface area (Å²) in [6.07, 6.45) is 0. The van der Waals surface area contributed by atoms with Crippen LogP contribution in [0.2, 0.25) is 0 Å². The summed E-state index contributed by atoms with van der Waals surface area (Å²) in [6.45, 7) is 0. The van der Waals surface area contributed by atoms with Crippen LogP contribution in [0.4, 0.5) is 11.4 Å². The number of hydrogen-bond donors (Lipinski definition) is 2. The summed E-state index contributed by atoms with van der Waals surface area (Å²) in [5, 5.41) is 3.46. The highest BCUT2D eigenvalue weighted by molar-refractivity contribution is 5.78. The average Bonchev–Trinajstić information content (AvgIpc) is 2.58. The molecule has 20 heavy (non-hydrogen) atoms. The zero-order valence-corrected chi connectivity index (χ0v) is 10.6. The Morgan fingerprint density at radius 1 is 0.850 bits per heavy atom. The fourth-order valence-electron chi connectivity index (χ4n) is 2.04. The SMILES string of the molecule is O=c1[nH]c2ccccc2c(=O)cc1Nc1ccccc1. The van der Waals surface area contributed by atoms with Gasteiger partial charge in [-0.05, 0) is 24.3 Å². The highest BCUT2D eigenvalue weighted by atomic mass is 16.1. The molecule has 0 radical (unpaired) electrons. The lowest BCUT2D eigenvalue weighted by atomic mass is 10.2. The minimum Gasteiger partial charge on any atom is -0.351 e. The van der Waals surface area contributed by atoms with E-state index in [0.29, 0.717) is 10.9 Å². The molecular formula is C16H12N2O2. The van der Waals surface area contributed by atoms with E-state index in [0.717, 1.165) is 5.69 Å². The number of aromatic nitrogens is 1. The molecule has 2 N–H and O–H groups in total. The van der Waals surface area contributed by atoms with Crippen molar-refractivity contribution in [2.75, 3.05) is 5.32 Å². The molecular weight excluding hydrogens is 252 g/mol. The number of nitrogens with one attached hydrogen (secondary N) is 2. The zero-order valence-electron chi connectivity index (χ0n) is 10.6. The molecule has 4 nitrogen and oxygen atoms in total. The van der Waals surface area contributed by atoms with Crippen molar-refractivity contribution in [3.63, 3.8) is 0 Å². The van der Waals surface area contributed by atoms with Gasteiger partial charge in [0.2, 0.25) is 0 Å². The van der Waals surface area contributed by atoms with E-state index < -0.39 is 0 Å². The van der Waals surface area contributed by atoms with Gasteiger partial charge in [-0.2, -0.15) is 0 Å². The maximum atomic E-state index is 12.1. The van der Waals surface area contributed by atoms with Gasteiger partial charge in [-0.1, -0.05) is 30.3 Å². The lowest BCUT2D eigenvalue weighted by Gasteiger charge is -2.01. The van der Waals surface area contributed by atoms with Crippen LogP contribution in [0.3, 0.4) is 0 Å². The number of fused-ring (bicyclic) bond motifs is 1. The van der Waals surface area contributed by atoms with Gasteiger partial charge in [0, 0.05) is 17.1 Å². The summed E-state index contributed by atoms with van der Waals surface area (Å²) in [5.74, 6) is 0.